The van der Waals surface area contributed by atoms with Crippen molar-refractivity contribution in [2.75, 3.05) is 18.4 Å². The molecule has 1 aliphatic heterocycles. The maximum Gasteiger partial charge on any atom is 0.275 e. The van der Waals surface area contributed by atoms with Crippen molar-refractivity contribution >= 4 is 28.0 Å². The standard InChI is InChI=1S/C20H24N6O2S/c1-3-17-24-26-18(27)11-15(22-20(26)29-17)12-25-8-5-14(6-9-25)19(28)23-16-10-13(2)4-7-21-16/h4,7,10-11,14H,3,5-6,8-9,12H2,1-2H3,(H,21,23,28). The van der Waals surface area contributed by atoms with Gasteiger partial charge in [-0.15, -0.1) is 0 Å². The second kappa shape index (κ2) is 8.38. The molecule has 0 unspecified atom stereocenters. The van der Waals surface area contributed by atoms with E-state index in [1.165, 1.54) is 15.9 Å². The summed E-state index contributed by atoms with van der Waals surface area (Å²) in [5.41, 5.74) is 1.69. The molecular weight excluding hydrogens is 388 g/mol. The quantitative estimate of drug-likeness (QED) is 0.691. The lowest BCUT2D eigenvalue weighted by molar-refractivity contribution is -0.121. The molecule has 1 aliphatic rings. The van der Waals surface area contributed by atoms with E-state index >= 15 is 0 Å². The molecule has 1 saturated heterocycles. The van der Waals surface area contributed by atoms with E-state index in [0.29, 0.717) is 17.3 Å². The minimum Gasteiger partial charge on any atom is -0.310 e. The molecule has 1 fully saturated rings. The third kappa shape index (κ3) is 4.51. The van der Waals surface area contributed by atoms with E-state index < -0.39 is 0 Å². The summed E-state index contributed by atoms with van der Waals surface area (Å²) in [6.07, 6.45) is 4.04. The number of fused-ring (bicyclic) bond motifs is 1. The highest BCUT2D eigenvalue weighted by atomic mass is 32.1. The van der Waals surface area contributed by atoms with Crippen LogP contribution in [0.5, 0.6) is 0 Å². The zero-order chi connectivity index (χ0) is 20.4. The van der Waals surface area contributed by atoms with Gasteiger partial charge in [0.25, 0.3) is 5.56 Å². The number of likely N-dealkylation sites (tertiary alicyclic amines) is 1. The van der Waals surface area contributed by atoms with Crippen LogP contribution < -0.4 is 10.9 Å². The van der Waals surface area contributed by atoms with Crippen LogP contribution in [0.3, 0.4) is 0 Å². The summed E-state index contributed by atoms with van der Waals surface area (Å²) < 4.78 is 1.38. The molecule has 0 aliphatic carbocycles. The molecule has 0 saturated carbocycles. The zero-order valence-corrected chi connectivity index (χ0v) is 17.4. The second-order valence-corrected chi connectivity index (χ2v) is 8.43. The van der Waals surface area contributed by atoms with Gasteiger partial charge in [-0.25, -0.2) is 9.97 Å². The minimum absolute atomic E-state index is 0.0248. The van der Waals surface area contributed by atoms with Crippen molar-refractivity contribution in [3.8, 4) is 0 Å². The number of rotatable bonds is 5. The van der Waals surface area contributed by atoms with Crippen LogP contribution in [0.15, 0.2) is 29.2 Å². The number of hydrogen-bond acceptors (Lipinski definition) is 7. The number of hydrogen-bond donors (Lipinski definition) is 1. The lowest BCUT2D eigenvalue weighted by Gasteiger charge is -2.30. The molecule has 4 rings (SSSR count). The Labute approximate surface area is 172 Å². The average Bonchev–Trinajstić information content (AvgIpc) is 3.12. The van der Waals surface area contributed by atoms with Gasteiger partial charge >= 0.3 is 0 Å². The Balaban J connectivity index is 1.35. The molecule has 9 heteroatoms. The summed E-state index contributed by atoms with van der Waals surface area (Å²) in [6.45, 7) is 6.19. The Bertz CT molecular complexity index is 1080. The Hall–Kier alpha value is -2.65. The first-order valence-electron chi connectivity index (χ1n) is 9.86. The van der Waals surface area contributed by atoms with Gasteiger partial charge in [0.05, 0.1) is 5.69 Å². The molecule has 29 heavy (non-hydrogen) atoms. The van der Waals surface area contributed by atoms with Crippen molar-refractivity contribution in [1.29, 1.82) is 0 Å². The average molecular weight is 413 g/mol. The molecule has 0 bridgehead atoms. The summed E-state index contributed by atoms with van der Waals surface area (Å²) >= 11 is 1.46. The van der Waals surface area contributed by atoms with E-state index in [2.05, 4.69) is 25.3 Å². The zero-order valence-electron chi connectivity index (χ0n) is 16.6. The van der Waals surface area contributed by atoms with Gasteiger partial charge < -0.3 is 5.32 Å². The highest BCUT2D eigenvalue weighted by molar-refractivity contribution is 7.16. The fourth-order valence-electron chi connectivity index (χ4n) is 3.53. The first-order chi connectivity index (χ1) is 14.0. The van der Waals surface area contributed by atoms with Crippen molar-refractivity contribution in [3.63, 3.8) is 0 Å². The normalized spacial score (nSPS) is 15.7. The van der Waals surface area contributed by atoms with E-state index in [9.17, 15) is 9.59 Å². The van der Waals surface area contributed by atoms with E-state index in [1.54, 1.807) is 12.3 Å². The van der Waals surface area contributed by atoms with E-state index in [-0.39, 0.29) is 17.4 Å². The number of piperidine rings is 1. The third-order valence-electron chi connectivity index (χ3n) is 5.15. The molecule has 8 nitrogen and oxygen atoms in total. The van der Waals surface area contributed by atoms with E-state index in [4.69, 9.17) is 0 Å². The van der Waals surface area contributed by atoms with Gasteiger partial charge in [0.2, 0.25) is 10.9 Å². The molecule has 1 N–H and O–H groups in total. The number of nitrogens with one attached hydrogen (secondary N) is 1. The van der Waals surface area contributed by atoms with Gasteiger partial charge in [-0.05, 0) is 57.0 Å². The summed E-state index contributed by atoms with van der Waals surface area (Å²) in [6, 6.07) is 5.34. The van der Waals surface area contributed by atoms with Crippen LogP contribution in [-0.2, 0) is 17.8 Å². The lowest BCUT2D eigenvalue weighted by atomic mass is 9.96. The van der Waals surface area contributed by atoms with E-state index in [1.807, 2.05) is 26.0 Å². The second-order valence-electron chi connectivity index (χ2n) is 7.39. The van der Waals surface area contributed by atoms with Gasteiger partial charge in [-0.2, -0.15) is 9.61 Å². The van der Waals surface area contributed by atoms with Crippen LogP contribution in [0, 0.1) is 12.8 Å². The summed E-state index contributed by atoms with van der Waals surface area (Å²) in [5, 5.41) is 8.11. The highest BCUT2D eigenvalue weighted by Crippen LogP contribution is 2.21. The molecule has 152 valence electrons. The Morgan fingerprint density at radius 2 is 2.10 bits per heavy atom. The fourth-order valence-corrected chi connectivity index (χ4v) is 4.39. The number of carbonyl (C=O) groups is 1. The van der Waals surface area contributed by atoms with Gasteiger partial charge in [0, 0.05) is 24.7 Å². The SMILES string of the molecule is CCc1nn2c(=O)cc(CN3CCC(C(=O)Nc4cc(C)ccn4)CC3)nc2s1. The molecule has 4 heterocycles. The summed E-state index contributed by atoms with van der Waals surface area (Å²) in [4.78, 5) is 36.5. The number of anilines is 1. The van der Waals surface area contributed by atoms with Gasteiger partial charge in [-0.3, -0.25) is 14.5 Å². The number of aromatic nitrogens is 4. The van der Waals surface area contributed by atoms with Gasteiger partial charge in [0.15, 0.2) is 0 Å². The van der Waals surface area contributed by atoms with Crippen molar-refractivity contribution < 1.29 is 4.79 Å². The van der Waals surface area contributed by atoms with Crippen molar-refractivity contribution in [1.82, 2.24) is 24.5 Å². The maximum absolute atomic E-state index is 12.5. The van der Waals surface area contributed by atoms with Crippen LogP contribution in [-0.4, -0.2) is 43.5 Å². The molecule has 0 spiro atoms. The van der Waals surface area contributed by atoms with Crippen LogP contribution in [0.1, 0.15) is 36.0 Å². The molecule has 0 atom stereocenters. The first kappa shape index (κ1) is 19.7. The van der Waals surface area contributed by atoms with Crippen LogP contribution in [0.25, 0.3) is 4.96 Å². The van der Waals surface area contributed by atoms with Crippen LogP contribution >= 0.6 is 11.3 Å². The van der Waals surface area contributed by atoms with Crippen LogP contribution in [0.4, 0.5) is 5.82 Å². The van der Waals surface area contributed by atoms with Crippen molar-refractivity contribution in [3.05, 3.63) is 51.0 Å². The Morgan fingerprint density at radius 1 is 1.31 bits per heavy atom. The van der Waals surface area contributed by atoms with Crippen molar-refractivity contribution in [2.45, 2.75) is 39.7 Å². The highest BCUT2D eigenvalue weighted by Gasteiger charge is 2.25. The largest absolute Gasteiger partial charge is 0.310 e. The molecule has 0 aromatic carbocycles. The molecule has 0 radical (unpaired) electrons. The smallest absolute Gasteiger partial charge is 0.275 e. The van der Waals surface area contributed by atoms with E-state index in [0.717, 1.165) is 48.6 Å². The summed E-state index contributed by atoms with van der Waals surface area (Å²) in [7, 11) is 0. The maximum atomic E-state index is 12.5. The number of aryl methyl sites for hydroxylation is 2. The predicted octanol–water partition coefficient (Wildman–Crippen LogP) is 2.27. The minimum atomic E-state index is -0.138. The Morgan fingerprint density at radius 3 is 2.83 bits per heavy atom. The molecule has 1 amide bonds. The topological polar surface area (TPSA) is 92.5 Å². The van der Waals surface area contributed by atoms with Crippen LogP contribution in [0.2, 0.25) is 0 Å². The predicted molar refractivity (Wildman–Crippen MR) is 112 cm³/mol. The number of pyridine rings is 1. The monoisotopic (exact) mass is 412 g/mol. The Kier molecular flexibility index (Phi) is 5.68. The molecule has 3 aromatic rings. The molecule has 3 aromatic heterocycles. The molecular formula is C20H24N6O2S. The van der Waals surface area contributed by atoms with Gasteiger partial charge in [0.1, 0.15) is 10.8 Å². The number of amides is 1. The third-order valence-corrected chi connectivity index (χ3v) is 6.21. The summed E-state index contributed by atoms with van der Waals surface area (Å²) in [5.74, 6) is 0.604. The number of nitrogens with zero attached hydrogens (tertiary/aromatic N) is 5. The number of carbonyl (C=O) groups excluding carboxylic acids is 1. The lowest BCUT2D eigenvalue weighted by Crippen LogP contribution is -2.38. The first-order valence-corrected chi connectivity index (χ1v) is 10.7. The fraction of sp³-hybridized carbons (Fsp3) is 0.450. The van der Waals surface area contributed by atoms with Crippen molar-refractivity contribution in [2.24, 2.45) is 5.92 Å². The van der Waals surface area contributed by atoms with Gasteiger partial charge in [-0.1, -0.05) is 18.3 Å².